The zero-order valence-electron chi connectivity index (χ0n) is 9.02. The van der Waals surface area contributed by atoms with Crippen molar-refractivity contribution in [1.29, 1.82) is 0 Å². The van der Waals surface area contributed by atoms with Crippen molar-refractivity contribution >= 4 is 17.7 Å². The fraction of sp³-hybridized carbons (Fsp3) is 0.300. The Hall–Kier alpha value is -2.11. The first-order valence-electron chi connectivity index (χ1n) is 4.72. The van der Waals surface area contributed by atoms with Crippen molar-refractivity contribution in [2.24, 2.45) is 0 Å². The van der Waals surface area contributed by atoms with E-state index in [9.17, 15) is 9.59 Å². The summed E-state index contributed by atoms with van der Waals surface area (Å²) in [5.41, 5.74) is 0.109. The zero-order chi connectivity index (χ0) is 12.1. The monoisotopic (exact) mass is 223 g/mol. The predicted octanol–water partition coefficient (Wildman–Crippen LogP) is 0.326. The van der Waals surface area contributed by atoms with Gasteiger partial charge in [0.1, 0.15) is 11.9 Å². The third-order valence-corrected chi connectivity index (χ3v) is 2.01. The molecule has 3 N–H and O–H groups in total. The standard InChI is InChI=1S/C10H13N3O3/c1-6(9(14)11-2)13-8-4-3-7(5-12-8)10(15)16/h3-6H,1-2H3,(H,11,14)(H,12,13)(H,15,16). The second-order valence-corrected chi connectivity index (χ2v) is 3.22. The van der Waals surface area contributed by atoms with Crippen LogP contribution in [0.3, 0.4) is 0 Å². The molecule has 1 unspecified atom stereocenters. The van der Waals surface area contributed by atoms with Gasteiger partial charge in [0.25, 0.3) is 0 Å². The third kappa shape index (κ3) is 2.94. The molecule has 1 heterocycles. The molecule has 1 aromatic heterocycles. The van der Waals surface area contributed by atoms with E-state index in [-0.39, 0.29) is 11.5 Å². The van der Waals surface area contributed by atoms with E-state index in [4.69, 9.17) is 5.11 Å². The van der Waals surface area contributed by atoms with E-state index in [0.29, 0.717) is 5.82 Å². The first-order chi connectivity index (χ1) is 7.54. The van der Waals surface area contributed by atoms with Gasteiger partial charge in [-0.15, -0.1) is 0 Å². The summed E-state index contributed by atoms with van der Waals surface area (Å²) in [4.78, 5) is 25.6. The lowest BCUT2D eigenvalue weighted by Gasteiger charge is -2.12. The molecular weight excluding hydrogens is 210 g/mol. The Balaban J connectivity index is 2.68. The number of anilines is 1. The van der Waals surface area contributed by atoms with E-state index in [1.807, 2.05) is 0 Å². The minimum atomic E-state index is -1.03. The Morgan fingerprint density at radius 1 is 1.44 bits per heavy atom. The van der Waals surface area contributed by atoms with Gasteiger partial charge in [0.05, 0.1) is 5.56 Å². The second-order valence-electron chi connectivity index (χ2n) is 3.22. The Kier molecular flexibility index (Phi) is 3.82. The molecule has 86 valence electrons. The minimum Gasteiger partial charge on any atom is -0.478 e. The smallest absolute Gasteiger partial charge is 0.337 e. The lowest BCUT2D eigenvalue weighted by atomic mass is 10.2. The van der Waals surface area contributed by atoms with Crippen LogP contribution in [0.25, 0.3) is 0 Å². The molecule has 0 spiro atoms. The van der Waals surface area contributed by atoms with Gasteiger partial charge < -0.3 is 15.7 Å². The normalized spacial score (nSPS) is 11.6. The molecule has 16 heavy (non-hydrogen) atoms. The average Bonchev–Trinajstić information content (AvgIpc) is 2.28. The summed E-state index contributed by atoms with van der Waals surface area (Å²) in [7, 11) is 1.54. The number of nitrogens with zero attached hydrogens (tertiary/aromatic N) is 1. The van der Waals surface area contributed by atoms with Gasteiger partial charge in [-0.3, -0.25) is 4.79 Å². The number of carbonyl (C=O) groups is 2. The maximum Gasteiger partial charge on any atom is 0.337 e. The molecule has 1 atom stereocenters. The average molecular weight is 223 g/mol. The second kappa shape index (κ2) is 5.11. The molecule has 0 fully saturated rings. The van der Waals surface area contributed by atoms with Crippen LogP contribution in [0.5, 0.6) is 0 Å². The van der Waals surface area contributed by atoms with Gasteiger partial charge >= 0.3 is 5.97 Å². The van der Waals surface area contributed by atoms with Crippen LogP contribution < -0.4 is 10.6 Å². The fourth-order valence-corrected chi connectivity index (χ4v) is 1.11. The number of nitrogens with one attached hydrogen (secondary N) is 2. The number of amides is 1. The van der Waals surface area contributed by atoms with Crippen molar-refractivity contribution in [3.05, 3.63) is 23.9 Å². The van der Waals surface area contributed by atoms with Crippen LogP contribution in [0.2, 0.25) is 0 Å². The van der Waals surface area contributed by atoms with Crippen LogP contribution in [0, 0.1) is 0 Å². The summed E-state index contributed by atoms with van der Waals surface area (Å²) in [6.45, 7) is 1.69. The predicted molar refractivity (Wildman–Crippen MR) is 58.3 cm³/mol. The molecule has 0 aromatic carbocycles. The van der Waals surface area contributed by atoms with Gasteiger partial charge in [0.2, 0.25) is 5.91 Å². The number of rotatable bonds is 4. The maximum absolute atomic E-state index is 11.2. The van der Waals surface area contributed by atoms with Crippen LogP contribution in [-0.4, -0.2) is 35.1 Å². The van der Waals surface area contributed by atoms with Gasteiger partial charge in [-0.25, -0.2) is 9.78 Å². The summed E-state index contributed by atoms with van der Waals surface area (Å²) in [5, 5.41) is 14.0. The quantitative estimate of drug-likeness (QED) is 0.684. The van der Waals surface area contributed by atoms with Crippen molar-refractivity contribution in [3.8, 4) is 0 Å². The molecule has 0 bridgehead atoms. The van der Waals surface area contributed by atoms with Gasteiger partial charge in [0, 0.05) is 13.2 Å². The van der Waals surface area contributed by atoms with E-state index in [2.05, 4.69) is 15.6 Å². The van der Waals surface area contributed by atoms with Gasteiger partial charge in [-0.1, -0.05) is 0 Å². The maximum atomic E-state index is 11.2. The van der Waals surface area contributed by atoms with E-state index in [1.165, 1.54) is 18.3 Å². The number of carboxylic acid groups (broad SMARTS) is 1. The first-order valence-corrected chi connectivity index (χ1v) is 4.72. The van der Waals surface area contributed by atoms with Crippen molar-refractivity contribution in [2.45, 2.75) is 13.0 Å². The number of pyridine rings is 1. The molecule has 6 heteroatoms. The van der Waals surface area contributed by atoms with Crippen LogP contribution in [0.1, 0.15) is 17.3 Å². The number of carbonyl (C=O) groups excluding carboxylic acids is 1. The van der Waals surface area contributed by atoms with E-state index in [1.54, 1.807) is 14.0 Å². The SMILES string of the molecule is CNC(=O)C(C)Nc1ccc(C(=O)O)cn1. The molecule has 1 amide bonds. The lowest BCUT2D eigenvalue weighted by molar-refractivity contribution is -0.121. The highest BCUT2D eigenvalue weighted by Gasteiger charge is 2.11. The van der Waals surface area contributed by atoms with Crippen molar-refractivity contribution in [1.82, 2.24) is 10.3 Å². The van der Waals surface area contributed by atoms with Crippen molar-refractivity contribution in [2.75, 3.05) is 12.4 Å². The number of aromatic carboxylic acids is 1. The number of likely N-dealkylation sites (N-methyl/N-ethyl adjacent to an activating group) is 1. The summed E-state index contributed by atoms with van der Waals surface area (Å²) in [5.74, 6) is -0.733. The van der Waals surface area contributed by atoms with E-state index >= 15 is 0 Å². The molecule has 0 aliphatic heterocycles. The highest BCUT2D eigenvalue weighted by Crippen LogP contribution is 2.06. The lowest BCUT2D eigenvalue weighted by Crippen LogP contribution is -2.35. The van der Waals surface area contributed by atoms with Crippen LogP contribution >= 0.6 is 0 Å². The van der Waals surface area contributed by atoms with Crippen molar-refractivity contribution in [3.63, 3.8) is 0 Å². The number of carboxylic acids is 1. The molecule has 1 aromatic rings. The van der Waals surface area contributed by atoms with Crippen LogP contribution in [0.15, 0.2) is 18.3 Å². The Labute approximate surface area is 92.7 Å². The van der Waals surface area contributed by atoms with Gasteiger partial charge in [-0.05, 0) is 19.1 Å². The minimum absolute atomic E-state index is 0.109. The van der Waals surface area contributed by atoms with Crippen LogP contribution in [-0.2, 0) is 4.79 Å². The Bertz CT molecular complexity index is 389. The highest BCUT2D eigenvalue weighted by molar-refractivity contribution is 5.87. The van der Waals surface area contributed by atoms with Crippen LogP contribution in [0.4, 0.5) is 5.82 Å². The Morgan fingerprint density at radius 2 is 2.12 bits per heavy atom. The molecule has 0 aliphatic rings. The van der Waals surface area contributed by atoms with Crippen molar-refractivity contribution < 1.29 is 14.7 Å². The highest BCUT2D eigenvalue weighted by atomic mass is 16.4. The number of aromatic nitrogens is 1. The summed E-state index contributed by atoms with van der Waals surface area (Å²) < 4.78 is 0. The molecular formula is C10H13N3O3. The molecule has 0 aliphatic carbocycles. The molecule has 0 radical (unpaired) electrons. The summed E-state index contributed by atoms with van der Waals surface area (Å²) in [6.07, 6.45) is 1.24. The number of hydrogen-bond donors (Lipinski definition) is 3. The van der Waals surface area contributed by atoms with Gasteiger partial charge in [-0.2, -0.15) is 0 Å². The molecule has 1 rings (SSSR count). The molecule has 6 nitrogen and oxygen atoms in total. The Morgan fingerprint density at radius 3 is 2.56 bits per heavy atom. The largest absolute Gasteiger partial charge is 0.478 e. The molecule has 0 saturated carbocycles. The number of hydrogen-bond acceptors (Lipinski definition) is 4. The topological polar surface area (TPSA) is 91.3 Å². The first kappa shape index (κ1) is 12.0. The van der Waals surface area contributed by atoms with Gasteiger partial charge in [0.15, 0.2) is 0 Å². The molecule has 0 saturated heterocycles. The summed E-state index contributed by atoms with van der Waals surface area (Å²) >= 11 is 0. The fourth-order valence-electron chi connectivity index (χ4n) is 1.11. The summed E-state index contributed by atoms with van der Waals surface area (Å²) in [6, 6.07) is 2.52. The van der Waals surface area contributed by atoms with E-state index in [0.717, 1.165) is 0 Å². The van der Waals surface area contributed by atoms with E-state index < -0.39 is 12.0 Å². The third-order valence-electron chi connectivity index (χ3n) is 2.01. The zero-order valence-corrected chi connectivity index (χ0v) is 9.02.